The van der Waals surface area contributed by atoms with E-state index in [1.807, 2.05) is 31.2 Å². The van der Waals surface area contributed by atoms with E-state index in [1.165, 1.54) is 0 Å². The van der Waals surface area contributed by atoms with Gasteiger partial charge in [0, 0.05) is 19.3 Å². The Bertz CT molecular complexity index is 450. The smallest absolute Gasteiger partial charge is 0.241 e. The van der Waals surface area contributed by atoms with Crippen molar-refractivity contribution < 1.29 is 14.6 Å². The minimum absolute atomic E-state index is 0.0109. The summed E-state index contributed by atoms with van der Waals surface area (Å²) >= 11 is 0. The van der Waals surface area contributed by atoms with Gasteiger partial charge >= 0.3 is 0 Å². The van der Waals surface area contributed by atoms with E-state index in [2.05, 4.69) is 10.6 Å². The molecule has 1 aliphatic heterocycles. The third kappa shape index (κ3) is 3.53. The molecule has 0 radical (unpaired) electrons. The van der Waals surface area contributed by atoms with Gasteiger partial charge in [-0.2, -0.15) is 0 Å². The molecule has 1 heterocycles. The minimum atomic E-state index is -0.435. The number of β-amino-alcohol motifs (C(OH)–C–C–N with tert-alkyl or cyclic N) is 1. The van der Waals surface area contributed by atoms with E-state index in [4.69, 9.17) is 4.74 Å². The average Bonchev–Trinajstić information content (AvgIpc) is 2.85. The molecule has 3 atom stereocenters. The van der Waals surface area contributed by atoms with Crippen LogP contribution in [-0.4, -0.2) is 36.8 Å². The maximum absolute atomic E-state index is 12.0. The molecule has 0 aromatic heterocycles. The first-order valence-corrected chi connectivity index (χ1v) is 6.45. The molecule has 1 fully saturated rings. The zero-order valence-electron chi connectivity index (χ0n) is 11.2. The molecule has 104 valence electrons. The summed E-state index contributed by atoms with van der Waals surface area (Å²) in [7, 11) is 1.65. The Morgan fingerprint density at radius 2 is 2.37 bits per heavy atom. The minimum Gasteiger partial charge on any atom is -0.392 e. The second-order valence-corrected chi connectivity index (χ2v) is 4.84. The predicted octanol–water partition coefficient (Wildman–Crippen LogP) is 1.06. The van der Waals surface area contributed by atoms with Crippen molar-refractivity contribution in [2.45, 2.75) is 31.6 Å². The van der Waals surface area contributed by atoms with Crippen molar-refractivity contribution >= 4 is 11.6 Å². The van der Waals surface area contributed by atoms with Gasteiger partial charge in [0.25, 0.3) is 0 Å². The van der Waals surface area contributed by atoms with Crippen LogP contribution in [0.5, 0.6) is 0 Å². The van der Waals surface area contributed by atoms with E-state index in [0.717, 1.165) is 11.3 Å². The van der Waals surface area contributed by atoms with Crippen molar-refractivity contribution in [1.82, 2.24) is 5.32 Å². The highest BCUT2D eigenvalue weighted by molar-refractivity contribution is 5.95. The Hall–Kier alpha value is -1.43. The molecule has 0 aliphatic carbocycles. The fourth-order valence-corrected chi connectivity index (χ4v) is 2.15. The summed E-state index contributed by atoms with van der Waals surface area (Å²) in [6.45, 7) is 2.43. The summed E-state index contributed by atoms with van der Waals surface area (Å²) in [5.74, 6) is -0.112. The van der Waals surface area contributed by atoms with Crippen LogP contribution in [0.4, 0.5) is 5.69 Å². The van der Waals surface area contributed by atoms with Crippen LogP contribution in [0.3, 0.4) is 0 Å². The summed E-state index contributed by atoms with van der Waals surface area (Å²) < 4.78 is 5.25. The number of aliphatic hydroxyl groups excluding tert-OH is 1. The number of nitrogens with one attached hydrogen (secondary N) is 2. The highest BCUT2D eigenvalue weighted by Crippen LogP contribution is 2.20. The topological polar surface area (TPSA) is 70.6 Å². The molecule has 1 aromatic carbocycles. The summed E-state index contributed by atoms with van der Waals surface area (Å²) in [5.41, 5.74) is 1.76. The molecule has 5 nitrogen and oxygen atoms in total. The fourth-order valence-electron chi connectivity index (χ4n) is 2.15. The molecule has 1 amide bonds. The van der Waals surface area contributed by atoms with Crippen molar-refractivity contribution in [3.63, 3.8) is 0 Å². The largest absolute Gasteiger partial charge is 0.392 e. The molecule has 1 aromatic rings. The normalized spacial score (nSPS) is 24.2. The van der Waals surface area contributed by atoms with Crippen molar-refractivity contribution in [2.24, 2.45) is 0 Å². The number of ether oxygens (including phenoxy) is 1. The lowest BCUT2D eigenvalue weighted by molar-refractivity contribution is -0.117. The average molecular weight is 264 g/mol. The summed E-state index contributed by atoms with van der Waals surface area (Å²) in [5, 5.41) is 15.2. The Morgan fingerprint density at radius 3 is 3.00 bits per heavy atom. The van der Waals surface area contributed by atoms with Crippen LogP contribution in [0.2, 0.25) is 0 Å². The molecule has 1 saturated heterocycles. The number of carbonyl (C=O) groups excluding carboxylic acids is 1. The van der Waals surface area contributed by atoms with Gasteiger partial charge in [-0.15, -0.1) is 0 Å². The SMILES string of the molecule is COC(C)c1cccc(NC(=O)C2CC(O)CN2)c1. The number of methoxy groups -OCH3 is 1. The molecule has 19 heavy (non-hydrogen) atoms. The Morgan fingerprint density at radius 1 is 1.58 bits per heavy atom. The van der Waals surface area contributed by atoms with Gasteiger partial charge in [0.1, 0.15) is 0 Å². The van der Waals surface area contributed by atoms with Crippen LogP contribution < -0.4 is 10.6 Å². The zero-order valence-corrected chi connectivity index (χ0v) is 11.2. The zero-order chi connectivity index (χ0) is 13.8. The highest BCUT2D eigenvalue weighted by atomic mass is 16.5. The number of benzene rings is 1. The Kier molecular flexibility index (Phi) is 4.52. The van der Waals surface area contributed by atoms with Gasteiger partial charge in [0.2, 0.25) is 5.91 Å². The number of hydrogen-bond acceptors (Lipinski definition) is 4. The Balaban J connectivity index is 2.00. The lowest BCUT2D eigenvalue weighted by Crippen LogP contribution is -2.35. The van der Waals surface area contributed by atoms with Gasteiger partial charge in [0.05, 0.1) is 18.2 Å². The maximum atomic E-state index is 12.0. The van der Waals surface area contributed by atoms with Crippen molar-refractivity contribution in [1.29, 1.82) is 0 Å². The van der Waals surface area contributed by atoms with Crippen LogP contribution in [0.15, 0.2) is 24.3 Å². The monoisotopic (exact) mass is 264 g/mol. The van der Waals surface area contributed by atoms with Crippen LogP contribution >= 0.6 is 0 Å². The molecule has 0 spiro atoms. The highest BCUT2D eigenvalue weighted by Gasteiger charge is 2.27. The predicted molar refractivity (Wildman–Crippen MR) is 72.9 cm³/mol. The second-order valence-electron chi connectivity index (χ2n) is 4.84. The van der Waals surface area contributed by atoms with E-state index in [0.29, 0.717) is 13.0 Å². The summed E-state index contributed by atoms with van der Waals surface area (Å²) in [6.07, 6.45) is 0.0128. The van der Waals surface area contributed by atoms with Crippen molar-refractivity contribution in [3.05, 3.63) is 29.8 Å². The van der Waals surface area contributed by atoms with Gasteiger partial charge in [-0.1, -0.05) is 12.1 Å². The van der Waals surface area contributed by atoms with E-state index < -0.39 is 6.10 Å². The Labute approximate surface area is 113 Å². The fraction of sp³-hybridized carbons (Fsp3) is 0.500. The molecule has 1 aliphatic rings. The lowest BCUT2D eigenvalue weighted by atomic mass is 10.1. The molecular weight excluding hydrogens is 244 g/mol. The van der Waals surface area contributed by atoms with Gasteiger partial charge < -0.3 is 20.5 Å². The molecule has 0 bridgehead atoms. The summed E-state index contributed by atoms with van der Waals surface area (Å²) in [4.78, 5) is 12.0. The molecule has 3 N–H and O–H groups in total. The van der Waals surface area contributed by atoms with Gasteiger partial charge in [-0.05, 0) is 31.0 Å². The second kappa shape index (κ2) is 6.14. The van der Waals surface area contributed by atoms with Gasteiger partial charge in [0.15, 0.2) is 0 Å². The van der Waals surface area contributed by atoms with E-state index in [1.54, 1.807) is 7.11 Å². The van der Waals surface area contributed by atoms with Gasteiger partial charge in [-0.3, -0.25) is 4.79 Å². The first-order valence-electron chi connectivity index (χ1n) is 6.45. The maximum Gasteiger partial charge on any atom is 0.241 e. The van der Waals surface area contributed by atoms with Crippen molar-refractivity contribution in [3.8, 4) is 0 Å². The quantitative estimate of drug-likeness (QED) is 0.760. The van der Waals surface area contributed by atoms with E-state index in [-0.39, 0.29) is 18.1 Å². The number of hydrogen-bond donors (Lipinski definition) is 3. The number of rotatable bonds is 4. The van der Waals surface area contributed by atoms with Crippen LogP contribution in [0, 0.1) is 0 Å². The number of carbonyl (C=O) groups is 1. The molecule has 0 saturated carbocycles. The molecular formula is C14H20N2O3. The first-order chi connectivity index (χ1) is 9.10. The van der Waals surface area contributed by atoms with Crippen LogP contribution in [0.25, 0.3) is 0 Å². The van der Waals surface area contributed by atoms with Crippen molar-refractivity contribution in [2.75, 3.05) is 19.0 Å². The third-order valence-corrected chi connectivity index (χ3v) is 3.40. The number of aliphatic hydroxyl groups is 1. The van der Waals surface area contributed by atoms with E-state index >= 15 is 0 Å². The van der Waals surface area contributed by atoms with Gasteiger partial charge in [-0.25, -0.2) is 0 Å². The lowest BCUT2D eigenvalue weighted by Gasteiger charge is -2.14. The molecule has 3 unspecified atom stereocenters. The first kappa shape index (κ1) is 14.0. The van der Waals surface area contributed by atoms with Crippen LogP contribution in [0.1, 0.15) is 25.0 Å². The molecule has 2 rings (SSSR count). The summed E-state index contributed by atoms with van der Waals surface area (Å²) in [6, 6.07) is 7.27. The van der Waals surface area contributed by atoms with Crippen LogP contribution in [-0.2, 0) is 9.53 Å². The third-order valence-electron chi connectivity index (χ3n) is 3.40. The number of anilines is 1. The standard InChI is InChI=1S/C14H20N2O3/c1-9(19-2)10-4-3-5-11(6-10)16-14(18)13-7-12(17)8-15-13/h3-6,9,12-13,15,17H,7-8H2,1-2H3,(H,16,18). The number of amides is 1. The molecule has 5 heteroatoms. The van der Waals surface area contributed by atoms with E-state index in [9.17, 15) is 9.90 Å².